The van der Waals surface area contributed by atoms with Crippen molar-refractivity contribution in [1.29, 1.82) is 0 Å². The van der Waals surface area contributed by atoms with E-state index in [1.54, 1.807) is 17.0 Å². The molecule has 2 aromatic rings. The standard InChI is InChI=1S/C17H18F2N2O2/c1-11-10-21(7-6-20-11)16(22)14-8-12-4-2-3-5-13(12)9-15(14)23-17(18)19/h2-5,8-9,11,17,20H,6-7,10H2,1H3/t11-/m1/s1. The minimum absolute atomic E-state index is 0.0742. The molecule has 1 N–H and O–H groups in total. The van der Waals surface area contributed by atoms with Crippen LogP contribution in [0.4, 0.5) is 8.78 Å². The molecule has 0 aliphatic carbocycles. The van der Waals surface area contributed by atoms with Gasteiger partial charge in [-0.2, -0.15) is 8.78 Å². The minimum atomic E-state index is -2.97. The number of nitrogens with zero attached hydrogens (tertiary/aromatic N) is 1. The maximum absolute atomic E-state index is 12.8. The van der Waals surface area contributed by atoms with Gasteiger partial charge < -0.3 is 15.0 Å². The summed E-state index contributed by atoms with van der Waals surface area (Å²) in [5, 5.41) is 4.83. The molecule has 1 amide bonds. The van der Waals surface area contributed by atoms with Crippen molar-refractivity contribution in [3.05, 3.63) is 42.0 Å². The van der Waals surface area contributed by atoms with Crippen molar-refractivity contribution in [3.8, 4) is 5.75 Å². The molecular formula is C17H18F2N2O2. The second kappa shape index (κ2) is 6.50. The number of benzene rings is 2. The lowest BCUT2D eigenvalue weighted by atomic mass is 10.0. The second-order valence-electron chi connectivity index (χ2n) is 5.68. The lowest BCUT2D eigenvalue weighted by Crippen LogP contribution is -2.51. The number of ether oxygens (including phenoxy) is 1. The van der Waals surface area contributed by atoms with Crippen LogP contribution < -0.4 is 10.1 Å². The Balaban J connectivity index is 2.01. The summed E-state index contributed by atoms with van der Waals surface area (Å²) in [6, 6.07) is 10.6. The second-order valence-corrected chi connectivity index (χ2v) is 5.68. The van der Waals surface area contributed by atoms with Gasteiger partial charge in [0.2, 0.25) is 0 Å². The summed E-state index contributed by atoms with van der Waals surface area (Å²) in [4.78, 5) is 14.4. The number of hydrogen-bond donors (Lipinski definition) is 1. The van der Waals surface area contributed by atoms with Gasteiger partial charge in [-0.1, -0.05) is 24.3 Å². The molecule has 122 valence electrons. The fraction of sp³-hybridized carbons (Fsp3) is 0.353. The van der Waals surface area contributed by atoms with Gasteiger partial charge in [-0.15, -0.1) is 0 Å². The van der Waals surface area contributed by atoms with Gasteiger partial charge in [-0.25, -0.2) is 0 Å². The zero-order valence-corrected chi connectivity index (χ0v) is 12.8. The van der Waals surface area contributed by atoms with Gasteiger partial charge >= 0.3 is 6.61 Å². The Morgan fingerprint density at radius 3 is 2.65 bits per heavy atom. The monoisotopic (exact) mass is 320 g/mol. The highest BCUT2D eigenvalue weighted by molar-refractivity contribution is 6.01. The summed E-state index contributed by atoms with van der Waals surface area (Å²) in [7, 11) is 0. The van der Waals surface area contributed by atoms with Gasteiger partial charge in [0.15, 0.2) is 0 Å². The Morgan fingerprint density at radius 2 is 2.00 bits per heavy atom. The van der Waals surface area contributed by atoms with E-state index >= 15 is 0 Å². The molecule has 6 heteroatoms. The fourth-order valence-electron chi connectivity index (χ4n) is 2.87. The molecule has 1 atom stereocenters. The number of rotatable bonds is 3. The summed E-state index contributed by atoms with van der Waals surface area (Å²) < 4.78 is 30.0. The summed E-state index contributed by atoms with van der Waals surface area (Å²) in [5.41, 5.74) is 0.179. The molecule has 0 spiro atoms. The Labute approximate surface area is 133 Å². The Morgan fingerprint density at radius 1 is 1.30 bits per heavy atom. The van der Waals surface area contributed by atoms with Crippen molar-refractivity contribution in [2.75, 3.05) is 19.6 Å². The maximum Gasteiger partial charge on any atom is 0.387 e. The first-order valence-corrected chi connectivity index (χ1v) is 7.55. The van der Waals surface area contributed by atoms with E-state index in [9.17, 15) is 13.6 Å². The average Bonchev–Trinajstić information content (AvgIpc) is 2.53. The lowest BCUT2D eigenvalue weighted by molar-refractivity contribution is -0.0502. The van der Waals surface area contributed by atoms with Crippen molar-refractivity contribution >= 4 is 16.7 Å². The van der Waals surface area contributed by atoms with Crippen molar-refractivity contribution < 1.29 is 18.3 Å². The number of carbonyl (C=O) groups excluding carboxylic acids is 1. The van der Waals surface area contributed by atoms with Crippen LogP contribution in [0.25, 0.3) is 10.8 Å². The predicted molar refractivity (Wildman–Crippen MR) is 83.9 cm³/mol. The summed E-state index contributed by atoms with van der Waals surface area (Å²) in [6.07, 6.45) is 0. The molecule has 1 saturated heterocycles. The summed E-state index contributed by atoms with van der Waals surface area (Å²) in [5.74, 6) is -0.352. The first-order valence-electron chi connectivity index (χ1n) is 7.55. The van der Waals surface area contributed by atoms with Gasteiger partial charge in [-0.05, 0) is 29.8 Å². The van der Waals surface area contributed by atoms with E-state index in [1.165, 1.54) is 6.07 Å². The molecule has 2 aromatic carbocycles. The van der Waals surface area contributed by atoms with Crippen molar-refractivity contribution in [2.24, 2.45) is 0 Å². The smallest absolute Gasteiger partial charge is 0.387 e. The number of nitrogens with one attached hydrogen (secondary N) is 1. The SMILES string of the molecule is C[C@@H]1CN(C(=O)c2cc3ccccc3cc2OC(F)F)CCN1. The molecule has 0 radical (unpaired) electrons. The Hall–Kier alpha value is -2.21. The normalized spacial score (nSPS) is 18.4. The van der Waals surface area contributed by atoms with Crippen LogP contribution in [-0.4, -0.2) is 43.1 Å². The van der Waals surface area contributed by atoms with Crippen LogP contribution in [0.1, 0.15) is 17.3 Å². The highest BCUT2D eigenvalue weighted by Crippen LogP contribution is 2.28. The van der Waals surface area contributed by atoms with Gasteiger partial charge in [0.25, 0.3) is 5.91 Å². The molecular weight excluding hydrogens is 302 g/mol. The average molecular weight is 320 g/mol. The number of hydrogen-bond acceptors (Lipinski definition) is 3. The number of fused-ring (bicyclic) bond motifs is 1. The molecule has 3 rings (SSSR count). The van der Waals surface area contributed by atoms with E-state index in [0.29, 0.717) is 19.6 Å². The Kier molecular flexibility index (Phi) is 4.43. The quantitative estimate of drug-likeness (QED) is 0.945. The van der Waals surface area contributed by atoms with Crippen LogP contribution in [-0.2, 0) is 0 Å². The molecule has 1 aliphatic heterocycles. The van der Waals surface area contributed by atoms with Crippen molar-refractivity contribution in [2.45, 2.75) is 19.6 Å². The number of alkyl halides is 2. The highest BCUT2D eigenvalue weighted by atomic mass is 19.3. The molecule has 0 aromatic heterocycles. The number of carbonyl (C=O) groups is 1. The third-order valence-electron chi connectivity index (χ3n) is 3.95. The third-order valence-corrected chi connectivity index (χ3v) is 3.95. The topological polar surface area (TPSA) is 41.6 Å². The van der Waals surface area contributed by atoms with Crippen LogP contribution in [0.15, 0.2) is 36.4 Å². The van der Waals surface area contributed by atoms with Gasteiger partial charge in [0.05, 0.1) is 5.56 Å². The zero-order valence-electron chi connectivity index (χ0n) is 12.8. The zero-order chi connectivity index (χ0) is 16.4. The van der Waals surface area contributed by atoms with Crippen LogP contribution >= 0.6 is 0 Å². The van der Waals surface area contributed by atoms with Crippen LogP contribution in [0, 0.1) is 0 Å². The van der Waals surface area contributed by atoms with E-state index < -0.39 is 6.61 Å². The summed E-state index contributed by atoms with van der Waals surface area (Å²) in [6.45, 7) is 0.788. The van der Waals surface area contributed by atoms with Crippen molar-refractivity contribution in [1.82, 2.24) is 10.2 Å². The highest BCUT2D eigenvalue weighted by Gasteiger charge is 2.25. The molecule has 0 saturated carbocycles. The first-order chi connectivity index (χ1) is 11.0. The van der Waals surface area contributed by atoms with Crippen LogP contribution in [0.2, 0.25) is 0 Å². The van der Waals surface area contributed by atoms with Crippen LogP contribution in [0.5, 0.6) is 5.75 Å². The molecule has 1 heterocycles. The third kappa shape index (κ3) is 3.42. The van der Waals surface area contributed by atoms with Gasteiger partial charge in [0.1, 0.15) is 5.75 Å². The molecule has 4 nitrogen and oxygen atoms in total. The molecule has 0 unspecified atom stereocenters. The number of amides is 1. The van der Waals surface area contributed by atoms with Gasteiger partial charge in [0, 0.05) is 25.7 Å². The lowest BCUT2D eigenvalue weighted by Gasteiger charge is -2.32. The van der Waals surface area contributed by atoms with Gasteiger partial charge in [-0.3, -0.25) is 4.79 Å². The van der Waals surface area contributed by atoms with E-state index in [4.69, 9.17) is 0 Å². The van der Waals surface area contributed by atoms with E-state index in [2.05, 4.69) is 10.1 Å². The molecule has 1 fully saturated rings. The summed E-state index contributed by atoms with van der Waals surface area (Å²) >= 11 is 0. The van der Waals surface area contributed by atoms with E-state index in [-0.39, 0.29) is 23.3 Å². The predicted octanol–water partition coefficient (Wildman–Crippen LogP) is 2.88. The maximum atomic E-state index is 12.8. The molecule has 0 bridgehead atoms. The molecule has 23 heavy (non-hydrogen) atoms. The van der Waals surface area contributed by atoms with E-state index in [1.807, 2.05) is 25.1 Å². The molecule has 1 aliphatic rings. The van der Waals surface area contributed by atoms with Crippen LogP contribution in [0.3, 0.4) is 0 Å². The fourth-order valence-corrected chi connectivity index (χ4v) is 2.87. The Bertz CT molecular complexity index is 721. The number of piperazine rings is 1. The number of halogens is 2. The first kappa shape index (κ1) is 15.7. The van der Waals surface area contributed by atoms with E-state index in [0.717, 1.165) is 10.8 Å². The minimum Gasteiger partial charge on any atom is -0.434 e. The largest absolute Gasteiger partial charge is 0.434 e. The van der Waals surface area contributed by atoms with Crippen molar-refractivity contribution in [3.63, 3.8) is 0 Å².